The number of nitrogens with one attached hydrogen (secondary N) is 1. The van der Waals surface area contributed by atoms with E-state index in [0.29, 0.717) is 0 Å². The molecule has 0 aliphatic carbocycles. The van der Waals surface area contributed by atoms with Crippen molar-refractivity contribution < 1.29 is 4.84 Å². The molecule has 1 N–H and O–H groups in total. The van der Waals surface area contributed by atoms with Crippen LogP contribution in [0.4, 0.5) is 0 Å². The number of hydrogen-bond acceptors (Lipinski definition) is 4. The number of aromatic nitrogens is 1. The molecule has 2 rings (SSSR count). The molecule has 0 amide bonds. The van der Waals surface area contributed by atoms with Crippen molar-refractivity contribution in [2.75, 3.05) is 7.11 Å². The lowest BCUT2D eigenvalue weighted by Gasteiger charge is -2.02. The van der Waals surface area contributed by atoms with Crippen molar-refractivity contribution in [1.82, 2.24) is 10.5 Å². The van der Waals surface area contributed by atoms with Crippen LogP contribution in [0.3, 0.4) is 0 Å². The highest BCUT2D eigenvalue weighted by molar-refractivity contribution is 7.16. The Morgan fingerprint density at radius 2 is 2.46 bits per heavy atom. The highest BCUT2D eigenvalue weighted by atomic mass is 32.1. The summed E-state index contributed by atoms with van der Waals surface area (Å²) < 4.78 is 1.23. The van der Waals surface area contributed by atoms with Crippen molar-refractivity contribution in [2.45, 2.75) is 6.54 Å². The molecular formula is C9H10N2OS. The second-order valence-electron chi connectivity index (χ2n) is 2.64. The molecule has 13 heavy (non-hydrogen) atoms. The minimum atomic E-state index is 0.718. The fourth-order valence-electron chi connectivity index (χ4n) is 1.23. The number of thiazole rings is 1. The van der Waals surface area contributed by atoms with Crippen LogP contribution in [0.1, 0.15) is 5.56 Å². The van der Waals surface area contributed by atoms with Gasteiger partial charge in [0.1, 0.15) is 0 Å². The van der Waals surface area contributed by atoms with Crippen LogP contribution in [-0.4, -0.2) is 12.1 Å². The van der Waals surface area contributed by atoms with Crippen LogP contribution >= 0.6 is 11.3 Å². The van der Waals surface area contributed by atoms with E-state index in [9.17, 15) is 0 Å². The smallest absolute Gasteiger partial charge is 0.0815 e. The summed E-state index contributed by atoms with van der Waals surface area (Å²) in [6.45, 7) is 0.718. The maximum atomic E-state index is 4.81. The molecule has 0 bridgehead atoms. The Kier molecular flexibility index (Phi) is 2.54. The first kappa shape index (κ1) is 8.62. The van der Waals surface area contributed by atoms with Crippen molar-refractivity contribution in [3.63, 3.8) is 0 Å². The zero-order valence-electron chi connectivity index (χ0n) is 7.28. The van der Waals surface area contributed by atoms with Crippen molar-refractivity contribution >= 4 is 21.6 Å². The largest absolute Gasteiger partial charge is 0.305 e. The fraction of sp³-hybridized carbons (Fsp3) is 0.222. The molecule has 1 aromatic heterocycles. The second-order valence-corrected chi connectivity index (χ2v) is 3.50. The topological polar surface area (TPSA) is 34.1 Å². The average Bonchev–Trinajstić information content (AvgIpc) is 2.62. The van der Waals surface area contributed by atoms with Gasteiger partial charge in [-0.05, 0) is 11.6 Å². The maximum Gasteiger partial charge on any atom is 0.0815 e. The molecule has 0 radical (unpaired) electrons. The fourth-order valence-corrected chi connectivity index (χ4v) is 2.04. The van der Waals surface area contributed by atoms with Crippen molar-refractivity contribution in [3.05, 3.63) is 29.3 Å². The van der Waals surface area contributed by atoms with Gasteiger partial charge in [0.25, 0.3) is 0 Å². The Balaban J connectivity index is 2.37. The van der Waals surface area contributed by atoms with Gasteiger partial charge in [-0.15, -0.1) is 11.3 Å². The lowest BCUT2D eigenvalue weighted by Crippen LogP contribution is -2.10. The molecule has 2 aromatic rings. The van der Waals surface area contributed by atoms with E-state index in [2.05, 4.69) is 16.5 Å². The SMILES string of the molecule is CONCc1cccc2ncsc12. The summed E-state index contributed by atoms with van der Waals surface area (Å²) in [4.78, 5) is 9.04. The number of fused-ring (bicyclic) bond motifs is 1. The Morgan fingerprint density at radius 1 is 1.54 bits per heavy atom. The highest BCUT2D eigenvalue weighted by Crippen LogP contribution is 2.21. The van der Waals surface area contributed by atoms with Crippen LogP contribution in [0.15, 0.2) is 23.7 Å². The Labute approximate surface area is 80.3 Å². The Hall–Kier alpha value is -0.970. The first-order valence-electron chi connectivity index (χ1n) is 3.99. The van der Waals surface area contributed by atoms with Gasteiger partial charge in [0, 0.05) is 6.54 Å². The lowest BCUT2D eigenvalue weighted by molar-refractivity contribution is 0.0870. The number of rotatable bonds is 3. The van der Waals surface area contributed by atoms with Crippen molar-refractivity contribution in [3.8, 4) is 0 Å². The monoisotopic (exact) mass is 194 g/mol. The van der Waals surface area contributed by atoms with Crippen LogP contribution in [-0.2, 0) is 11.4 Å². The van der Waals surface area contributed by atoms with Gasteiger partial charge in [-0.2, -0.15) is 5.48 Å². The van der Waals surface area contributed by atoms with Gasteiger partial charge in [-0.1, -0.05) is 12.1 Å². The first-order chi connectivity index (χ1) is 6.42. The van der Waals surface area contributed by atoms with E-state index >= 15 is 0 Å². The molecule has 0 unspecified atom stereocenters. The molecule has 1 heterocycles. The van der Waals surface area contributed by atoms with E-state index in [-0.39, 0.29) is 0 Å². The van der Waals surface area contributed by atoms with Gasteiger partial charge >= 0.3 is 0 Å². The quantitative estimate of drug-likeness (QED) is 0.758. The Bertz CT molecular complexity index is 399. The van der Waals surface area contributed by atoms with Crippen LogP contribution in [0.2, 0.25) is 0 Å². The summed E-state index contributed by atoms with van der Waals surface area (Å²) in [5.41, 5.74) is 6.97. The molecule has 0 saturated carbocycles. The molecule has 0 aliphatic rings. The third-order valence-electron chi connectivity index (χ3n) is 1.85. The van der Waals surface area contributed by atoms with Crippen molar-refractivity contribution in [1.29, 1.82) is 0 Å². The summed E-state index contributed by atoms with van der Waals surface area (Å²) in [6, 6.07) is 6.10. The normalized spacial score (nSPS) is 10.8. The zero-order chi connectivity index (χ0) is 9.10. The third-order valence-corrected chi connectivity index (χ3v) is 2.76. The molecular weight excluding hydrogens is 184 g/mol. The molecule has 68 valence electrons. The molecule has 3 nitrogen and oxygen atoms in total. The van der Waals surface area contributed by atoms with Gasteiger partial charge in [0.15, 0.2) is 0 Å². The first-order valence-corrected chi connectivity index (χ1v) is 4.86. The minimum Gasteiger partial charge on any atom is -0.305 e. The molecule has 0 saturated heterocycles. The van der Waals surface area contributed by atoms with Crippen LogP contribution in [0, 0.1) is 0 Å². The summed E-state index contributed by atoms with van der Waals surface area (Å²) in [5.74, 6) is 0. The van der Waals surface area contributed by atoms with Gasteiger partial charge in [0.2, 0.25) is 0 Å². The predicted octanol–water partition coefficient (Wildman–Crippen LogP) is 1.95. The molecule has 4 heteroatoms. The maximum absolute atomic E-state index is 4.81. The summed E-state index contributed by atoms with van der Waals surface area (Å²) in [7, 11) is 1.62. The summed E-state index contributed by atoms with van der Waals surface area (Å²) in [5, 5.41) is 0. The minimum absolute atomic E-state index is 0.718. The Morgan fingerprint density at radius 3 is 3.31 bits per heavy atom. The highest BCUT2D eigenvalue weighted by Gasteiger charge is 2.01. The van der Waals surface area contributed by atoms with E-state index in [0.717, 1.165) is 12.1 Å². The lowest BCUT2D eigenvalue weighted by atomic mass is 10.2. The van der Waals surface area contributed by atoms with Crippen molar-refractivity contribution in [2.24, 2.45) is 0 Å². The van der Waals surface area contributed by atoms with Gasteiger partial charge < -0.3 is 4.84 Å². The predicted molar refractivity (Wildman–Crippen MR) is 53.5 cm³/mol. The average molecular weight is 194 g/mol. The van der Waals surface area contributed by atoms with E-state index in [1.165, 1.54) is 10.3 Å². The number of hydroxylamine groups is 1. The number of nitrogens with zero attached hydrogens (tertiary/aromatic N) is 1. The number of benzene rings is 1. The zero-order valence-corrected chi connectivity index (χ0v) is 8.10. The van der Waals surface area contributed by atoms with E-state index in [1.54, 1.807) is 18.4 Å². The van der Waals surface area contributed by atoms with Crippen LogP contribution in [0.5, 0.6) is 0 Å². The van der Waals surface area contributed by atoms with Gasteiger partial charge in [-0.3, -0.25) is 0 Å². The van der Waals surface area contributed by atoms with E-state index < -0.39 is 0 Å². The number of hydrogen-bond donors (Lipinski definition) is 1. The summed E-state index contributed by atoms with van der Waals surface area (Å²) >= 11 is 1.66. The third kappa shape index (κ3) is 1.70. The van der Waals surface area contributed by atoms with E-state index in [4.69, 9.17) is 4.84 Å². The summed E-state index contributed by atoms with van der Waals surface area (Å²) in [6.07, 6.45) is 0. The molecule has 1 aromatic carbocycles. The van der Waals surface area contributed by atoms with Gasteiger partial charge in [0.05, 0.1) is 22.8 Å². The van der Waals surface area contributed by atoms with Gasteiger partial charge in [-0.25, -0.2) is 4.98 Å². The second kappa shape index (κ2) is 3.83. The molecule has 0 aliphatic heterocycles. The molecule has 0 atom stereocenters. The van der Waals surface area contributed by atoms with E-state index in [1.807, 2.05) is 17.6 Å². The molecule has 0 spiro atoms. The van der Waals surface area contributed by atoms with Crippen LogP contribution < -0.4 is 5.48 Å². The standard InChI is InChI=1S/C9H10N2OS/c1-12-11-5-7-3-2-4-8-9(7)13-6-10-8/h2-4,6,11H,5H2,1H3. The molecule has 0 fully saturated rings. The van der Waals surface area contributed by atoms with Crippen LogP contribution in [0.25, 0.3) is 10.2 Å².